The Bertz CT molecular complexity index is 208. The molecule has 1 fully saturated rings. The summed E-state index contributed by atoms with van der Waals surface area (Å²) in [5.74, 6) is 1.08. The van der Waals surface area contributed by atoms with Gasteiger partial charge in [0.15, 0.2) is 0 Å². The van der Waals surface area contributed by atoms with Crippen LogP contribution in [0.5, 0.6) is 0 Å². The maximum Gasteiger partial charge on any atom is 0.0474 e. The largest absolute Gasteiger partial charge is 0.396 e. The standard InChI is InChI=1S/C13H28N2O/c1-10(2)7-13(3,9-14)15-12-6-4-5-11(12)8-16/h10-12,15-16H,4-9,14H2,1-3H3. The van der Waals surface area contributed by atoms with Gasteiger partial charge in [-0.3, -0.25) is 0 Å². The van der Waals surface area contributed by atoms with Gasteiger partial charge in [-0.25, -0.2) is 0 Å². The van der Waals surface area contributed by atoms with E-state index in [1.807, 2.05) is 0 Å². The zero-order valence-corrected chi connectivity index (χ0v) is 11.0. The van der Waals surface area contributed by atoms with Gasteiger partial charge in [-0.05, 0) is 38.0 Å². The normalized spacial score (nSPS) is 29.6. The molecule has 1 aliphatic carbocycles. The number of aliphatic hydroxyl groups excluding tert-OH is 1. The lowest BCUT2D eigenvalue weighted by molar-refractivity contribution is 0.175. The summed E-state index contributed by atoms with van der Waals surface area (Å²) in [7, 11) is 0. The predicted octanol–water partition coefficient (Wildman–Crippen LogP) is 1.50. The van der Waals surface area contributed by atoms with Crippen molar-refractivity contribution in [1.82, 2.24) is 5.32 Å². The Morgan fingerprint density at radius 3 is 2.62 bits per heavy atom. The first-order chi connectivity index (χ1) is 7.50. The maximum atomic E-state index is 9.32. The van der Waals surface area contributed by atoms with Gasteiger partial charge < -0.3 is 16.2 Å². The molecule has 4 N–H and O–H groups in total. The van der Waals surface area contributed by atoms with Crippen LogP contribution in [0.25, 0.3) is 0 Å². The molecule has 0 aliphatic heterocycles. The lowest BCUT2D eigenvalue weighted by Gasteiger charge is -2.36. The van der Waals surface area contributed by atoms with E-state index in [-0.39, 0.29) is 5.54 Å². The molecular formula is C13H28N2O. The second kappa shape index (κ2) is 5.99. The van der Waals surface area contributed by atoms with E-state index in [0.29, 0.717) is 31.0 Å². The number of hydrogen-bond donors (Lipinski definition) is 3. The van der Waals surface area contributed by atoms with Gasteiger partial charge in [-0.15, -0.1) is 0 Å². The van der Waals surface area contributed by atoms with E-state index in [4.69, 9.17) is 5.73 Å². The van der Waals surface area contributed by atoms with Crippen LogP contribution >= 0.6 is 0 Å². The van der Waals surface area contributed by atoms with Crippen LogP contribution in [0, 0.1) is 11.8 Å². The molecular weight excluding hydrogens is 200 g/mol. The zero-order chi connectivity index (χ0) is 12.2. The van der Waals surface area contributed by atoms with Crippen LogP contribution in [-0.2, 0) is 0 Å². The van der Waals surface area contributed by atoms with Gasteiger partial charge in [0.2, 0.25) is 0 Å². The lowest BCUT2D eigenvalue weighted by atomic mass is 9.88. The van der Waals surface area contributed by atoms with Crippen LogP contribution in [0.4, 0.5) is 0 Å². The van der Waals surface area contributed by atoms with Crippen molar-refractivity contribution in [2.45, 2.75) is 58.0 Å². The molecule has 3 atom stereocenters. The van der Waals surface area contributed by atoms with Crippen LogP contribution in [0.1, 0.15) is 46.5 Å². The van der Waals surface area contributed by atoms with Crippen LogP contribution in [-0.4, -0.2) is 29.8 Å². The Morgan fingerprint density at radius 1 is 1.44 bits per heavy atom. The third-order valence-electron chi connectivity index (χ3n) is 3.74. The molecule has 0 radical (unpaired) electrons. The summed E-state index contributed by atoms with van der Waals surface area (Å²) in [4.78, 5) is 0. The minimum Gasteiger partial charge on any atom is -0.396 e. The Hall–Kier alpha value is -0.120. The average molecular weight is 228 g/mol. The Kier molecular flexibility index (Phi) is 5.22. The van der Waals surface area contributed by atoms with Gasteiger partial charge in [-0.1, -0.05) is 20.3 Å². The van der Waals surface area contributed by atoms with Crippen molar-refractivity contribution >= 4 is 0 Å². The molecule has 0 saturated heterocycles. The molecule has 1 rings (SSSR count). The van der Waals surface area contributed by atoms with Crippen molar-refractivity contribution in [2.24, 2.45) is 17.6 Å². The first-order valence-electron chi connectivity index (χ1n) is 6.59. The highest BCUT2D eigenvalue weighted by Gasteiger charge is 2.33. The zero-order valence-electron chi connectivity index (χ0n) is 11.0. The van der Waals surface area contributed by atoms with E-state index in [2.05, 4.69) is 26.1 Å². The molecule has 0 amide bonds. The molecule has 1 saturated carbocycles. The van der Waals surface area contributed by atoms with Crippen molar-refractivity contribution in [3.05, 3.63) is 0 Å². The van der Waals surface area contributed by atoms with Crippen LogP contribution < -0.4 is 11.1 Å². The maximum absolute atomic E-state index is 9.32. The summed E-state index contributed by atoms with van der Waals surface area (Å²) in [6, 6.07) is 0.456. The Morgan fingerprint density at radius 2 is 2.12 bits per heavy atom. The molecule has 0 aromatic rings. The highest BCUT2D eigenvalue weighted by molar-refractivity contribution is 4.93. The highest BCUT2D eigenvalue weighted by atomic mass is 16.3. The van der Waals surface area contributed by atoms with Crippen molar-refractivity contribution in [3.63, 3.8) is 0 Å². The quantitative estimate of drug-likeness (QED) is 0.646. The molecule has 3 nitrogen and oxygen atoms in total. The molecule has 0 bridgehead atoms. The SMILES string of the molecule is CC(C)CC(C)(CN)NC1CCCC1CO. The van der Waals surface area contributed by atoms with Crippen LogP contribution in [0.3, 0.4) is 0 Å². The van der Waals surface area contributed by atoms with E-state index < -0.39 is 0 Å². The molecule has 0 heterocycles. The number of nitrogens with two attached hydrogens (primary N) is 1. The van der Waals surface area contributed by atoms with Crippen LogP contribution in [0.15, 0.2) is 0 Å². The third kappa shape index (κ3) is 3.72. The fraction of sp³-hybridized carbons (Fsp3) is 1.00. The van der Waals surface area contributed by atoms with E-state index in [1.165, 1.54) is 12.8 Å². The second-order valence-corrected chi connectivity index (χ2v) is 5.99. The molecule has 3 heteroatoms. The van der Waals surface area contributed by atoms with Gasteiger partial charge >= 0.3 is 0 Å². The minimum atomic E-state index is 0.0244. The summed E-state index contributed by atoms with van der Waals surface area (Å²) in [6.45, 7) is 7.64. The summed E-state index contributed by atoms with van der Waals surface area (Å²) in [5, 5.41) is 13.0. The van der Waals surface area contributed by atoms with Crippen LogP contribution in [0.2, 0.25) is 0 Å². The van der Waals surface area contributed by atoms with Gasteiger partial charge in [0.25, 0.3) is 0 Å². The molecule has 0 aromatic heterocycles. The Balaban J connectivity index is 2.54. The summed E-state index contributed by atoms with van der Waals surface area (Å²) >= 11 is 0. The van der Waals surface area contributed by atoms with Gasteiger partial charge in [-0.2, -0.15) is 0 Å². The summed E-state index contributed by atoms with van der Waals surface area (Å²) in [6.07, 6.45) is 4.65. The minimum absolute atomic E-state index is 0.0244. The second-order valence-electron chi connectivity index (χ2n) is 5.99. The summed E-state index contributed by atoms with van der Waals surface area (Å²) < 4.78 is 0. The molecule has 1 aliphatic rings. The number of hydrogen-bond acceptors (Lipinski definition) is 3. The first-order valence-corrected chi connectivity index (χ1v) is 6.59. The Labute approximate surface area is 99.8 Å². The monoisotopic (exact) mass is 228 g/mol. The van der Waals surface area contributed by atoms with E-state index in [1.54, 1.807) is 0 Å². The molecule has 0 aromatic carbocycles. The summed E-state index contributed by atoms with van der Waals surface area (Å²) in [5.41, 5.74) is 5.92. The van der Waals surface area contributed by atoms with Gasteiger partial charge in [0.05, 0.1) is 0 Å². The third-order valence-corrected chi connectivity index (χ3v) is 3.74. The molecule has 96 valence electrons. The fourth-order valence-electron chi connectivity index (χ4n) is 3.00. The average Bonchev–Trinajstić information content (AvgIpc) is 2.63. The van der Waals surface area contributed by atoms with E-state index in [9.17, 15) is 5.11 Å². The number of rotatable bonds is 6. The van der Waals surface area contributed by atoms with Gasteiger partial charge in [0, 0.05) is 24.7 Å². The van der Waals surface area contributed by atoms with Crippen molar-refractivity contribution < 1.29 is 5.11 Å². The number of aliphatic hydroxyl groups is 1. The number of nitrogens with one attached hydrogen (secondary N) is 1. The van der Waals surface area contributed by atoms with Crippen molar-refractivity contribution in [3.8, 4) is 0 Å². The highest BCUT2D eigenvalue weighted by Crippen LogP contribution is 2.28. The molecule has 16 heavy (non-hydrogen) atoms. The van der Waals surface area contributed by atoms with E-state index >= 15 is 0 Å². The molecule has 3 unspecified atom stereocenters. The van der Waals surface area contributed by atoms with Gasteiger partial charge in [0.1, 0.15) is 0 Å². The molecule has 0 spiro atoms. The fourth-order valence-corrected chi connectivity index (χ4v) is 3.00. The predicted molar refractivity (Wildman–Crippen MR) is 68.3 cm³/mol. The van der Waals surface area contributed by atoms with Crippen molar-refractivity contribution in [2.75, 3.05) is 13.2 Å². The smallest absolute Gasteiger partial charge is 0.0474 e. The lowest BCUT2D eigenvalue weighted by Crippen LogP contribution is -2.55. The van der Waals surface area contributed by atoms with E-state index in [0.717, 1.165) is 12.8 Å². The topological polar surface area (TPSA) is 58.3 Å². The van der Waals surface area contributed by atoms with Crippen molar-refractivity contribution in [1.29, 1.82) is 0 Å². The first kappa shape index (κ1) is 13.9.